The first kappa shape index (κ1) is 67.4. The van der Waals surface area contributed by atoms with Gasteiger partial charge in [-0.3, -0.25) is 0 Å². The number of anilines is 6. The summed E-state index contributed by atoms with van der Waals surface area (Å²) in [5, 5.41) is 14.7. The predicted molar refractivity (Wildman–Crippen MR) is 492 cm³/mol. The molecule has 0 bridgehead atoms. The van der Waals surface area contributed by atoms with Crippen molar-refractivity contribution in [2.45, 2.75) is 38.5 Å². The molecule has 24 rings (SSSR count). The SMILES string of the molecule is CC1(C)c2ccccc2-c2ccc(N(c3ccc4cc(-c5ccc6c(c5)c5ccccc5n6-c5ccccc5)ccc4c3)c3ccc4sc5ccccc5c4c3)cc21.CC1(C)c2ccccc2-c2ccc(N(c3ccc4cc(-c5ccc6c(c5)c5ccccc5n6-c5ccccc5)ccc4c3)c3cccc4c3oc3ccccc34)cc21. The van der Waals surface area contributed by atoms with E-state index in [0.717, 1.165) is 56.1 Å². The Balaban J connectivity index is 0.000000137. The van der Waals surface area contributed by atoms with Gasteiger partial charge >= 0.3 is 0 Å². The Bertz CT molecular complexity index is 7790. The van der Waals surface area contributed by atoms with Gasteiger partial charge in [0.2, 0.25) is 0 Å². The van der Waals surface area contributed by atoms with Crippen molar-refractivity contribution >= 4 is 153 Å². The monoisotopic (exact) mass is 1500 g/mol. The number of hydrogen-bond acceptors (Lipinski definition) is 4. The first-order valence-corrected chi connectivity index (χ1v) is 41.0. The minimum atomic E-state index is -0.127. The minimum absolute atomic E-state index is 0.0968. The molecule has 2 aliphatic rings. The number of thiophene rings is 1. The molecule has 4 aromatic heterocycles. The van der Waals surface area contributed by atoms with E-state index in [1.165, 1.54) is 163 Å². The number of hydrogen-bond donors (Lipinski definition) is 0. The molecular formula is C110H76N4OS. The van der Waals surface area contributed by atoms with Gasteiger partial charge in [0.05, 0.1) is 27.8 Å². The van der Waals surface area contributed by atoms with Gasteiger partial charge in [-0.1, -0.05) is 258 Å². The Hall–Kier alpha value is -14.3. The van der Waals surface area contributed by atoms with Crippen LogP contribution in [-0.4, -0.2) is 9.13 Å². The second-order valence-electron chi connectivity index (χ2n) is 32.3. The highest BCUT2D eigenvalue weighted by molar-refractivity contribution is 7.25. The molecule has 18 aromatic carbocycles. The molecule has 0 saturated carbocycles. The van der Waals surface area contributed by atoms with Crippen LogP contribution in [0, 0.1) is 0 Å². The molecule has 2 aliphatic carbocycles. The maximum absolute atomic E-state index is 6.68. The highest BCUT2D eigenvalue weighted by atomic mass is 32.1. The lowest BCUT2D eigenvalue weighted by atomic mass is 9.82. The maximum Gasteiger partial charge on any atom is 0.159 e. The summed E-state index contributed by atoms with van der Waals surface area (Å²) in [6.45, 7) is 9.42. The van der Waals surface area contributed by atoms with Crippen molar-refractivity contribution in [2.24, 2.45) is 0 Å². The number of para-hydroxylation sites is 6. The van der Waals surface area contributed by atoms with Gasteiger partial charge in [0.25, 0.3) is 0 Å². The van der Waals surface area contributed by atoms with E-state index in [0.29, 0.717) is 0 Å². The molecule has 22 aromatic rings. The smallest absolute Gasteiger partial charge is 0.159 e. The molecule has 0 N–H and O–H groups in total. The topological polar surface area (TPSA) is 29.5 Å². The quantitative estimate of drug-likeness (QED) is 0.137. The molecule has 548 valence electrons. The van der Waals surface area contributed by atoms with E-state index in [-0.39, 0.29) is 10.8 Å². The van der Waals surface area contributed by atoms with E-state index in [2.05, 4.69) is 429 Å². The van der Waals surface area contributed by atoms with Crippen molar-refractivity contribution in [2.75, 3.05) is 9.80 Å². The van der Waals surface area contributed by atoms with E-state index >= 15 is 0 Å². The molecule has 0 radical (unpaired) electrons. The van der Waals surface area contributed by atoms with Gasteiger partial charge in [-0.15, -0.1) is 11.3 Å². The Kier molecular flexibility index (Phi) is 15.2. The largest absolute Gasteiger partial charge is 0.454 e. The second-order valence-corrected chi connectivity index (χ2v) is 33.4. The van der Waals surface area contributed by atoms with Crippen LogP contribution in [0.2, 0.25) is 0 Å². The van der Waals surface area contributed by atoms with E-state index in [1.807, 2.05) is 17.4 Å². The average molecular weight is 1500 g/mol. The molecule has 0 atom stereocenters. The zero-order chi connectivity index (χ0) is 77.1. The number of benzene rings is 18. The molecular weight excluding hydrogens is 1430 g/mol. The zero-order valence-corrected chi connectivity index (χ0v) is 65.4. The molecule has 0 saturated heterocycles. The van der Waals surface area contributed by atoms with E-state index < -0.39 is 0 Å². The molecule has 6 heteroatoms. The van der Waals surface area contributed by atoms with Crippen LogP contribution in [0.25, 0.3) is 163 Å². The lowest BCUT2D eigenvalue weighted by molar-refractivity contribution is 0.660. The number of rotatable bonds is 10. The maximum atomic E-state index is 6.68. The van der Waals surface area contributed by atoms with Gasteiger partial charge in [0, 0.05) is 103 Å². The first-order valence-electron chi connectivity index (χ1n) is 40.2. The van der Waals surface area contributed by atoms with Crippen molar-refractivity contribution in [3.05, 3.63) is 411 Å². The van der Waals surface area contributed by atoms with E-state index in [9.17, 15) is 0 Å². The molecule has 0 aliphatic heterocycles. The number of fused-ring (bicyclic) bond motifs is 20. The Labute approximate surface area is 676 Å². The molecule has 4 heterocycles. The fourth-order valence-corrected chi connectivity index (χ4v) is 20.5. The van der Waals surface area contributed by atoms with Crippen LogP contribution in [0.1, 0.15) is 49.9 Å². The minimum Gasteiger partial charge on any atom is -0.454 e. The third kappa shape index (κ3) is 10.6. The Morgan fingerprint density at radius 1 is 0.250 bits per heavy atom. The van der Waals surface area contributed by atoms with Gasteiger partial charge in [0.15, 0.2) is 5.58 Å². The number of aromatic nitrogens is 2. The van der Waals surface area contributed by atoms with Crippen molar-refractivity contribution in [3.8, 4) is 55.9 Å². The van der Waals surface area contributed by atoms with E-state index in [4.69, 9.17) is 4.42 Å². The summed E-state index contributed by atoms with van der Waals surface area (Å²) in [6, 6.07) is 143. The summed E-state index contributed by atoms with van der Waals surface area (Å²) in [6.07, 6.45) is 0. The Morgan fingerprint density at radius 2 is 0.647 bits per heavy atom. The summed E-state index contributed by atoms with van der Waals surface area (Å²) in [5.74, 6) is 0. The molecule has 0 unspecified atom stereocenters. The standard InChI is InChI=1S/C55H38N2O.C55H38N2S/c1-55(2)48-19-9-6-15-42(48)43-29-28-41(34-49(43)55)56(52-21-12-18-46-45-17-8-11-22-53(45)58-54(46)52)40-27-25-36-31-35(23-24-37(36)32-40)38-26-30-51-47(33-38)44-16-7-10-20-50(44)57(51)39-13-4-3-5-14-39;1-55(2)49-17-9-6-14-43(49)44-27-25-42(34-50(44)55)56(41-26-29-54-48(33-41)46-16-8-11-19-53(46)58-54)40-24-22-36-30-35(20-21-37(36)31-40)38-23-28-52-47(32-38)45-15-7-10-18-51(45)57(52)39-12-4-3-5-13-39/h2*3-34H,1-2H3. The second kappa shape index (κ2) is 26.1. The number of furan rings is 1. The van der Waals surface area contributed by atoms with Crippen molar-refractivity contribution in [1.82, 2.24) is 9.13 Å². The van der Waals surface area contributed by atoms with Crippen LogP contribution in [0.5, 0.6) is 0 Å². The first-order chi connectivity index (χ1) is 57.0. The molecule has 0 spiro atoms. The lowest BCUT2D eigenvalue weighted by Gasteiger charge is -2.28. The molecule has 0 amide bonds. The zero-order valence-electron chi connectivity index (χ0n) is 64.6. The lowest BCUT2D eigenvalue weighted by Crippen LogP contribution is -2.16. The molecule has 116 heavy (non-hydrogen) atoms. The summed E-state index contributed by atoms with van der Waals surface area (Å²) in [4.78, 5) is 4.84. The van der Waals surface area contributed by atoms with E-state index in [1.54, 1.807) is 0 Å². The van der Waals surface area contributed by atoms with Gasteiger partial charge in [-0.05, 0) is 246 Å². The third-order valence-corrected chi connectivity index (χ3v) is 26.2. The summed E-state index contributed by atoms with van der Waals surface area (Å²) < 4.78 is 14.1. The highest BCUT2D eigenvalue weighted by Gasteiger charge is 2.38. The van der Waals surface area contributed by atoms with Crippen molar-refractivity contribution < 1.29 is 4.42 Å². The Morgan fingerprint density at radius 3 is 1.23 bits per heavy atom. The molecule has 0 fully saturated rings. The van der Waals surface area contributed by atoms with Crippen molar-refractivity contribution in [3.63, 3.8) is 0 Å². The summed E-state index contributed by atoms with van der Waals surface area (Å²) in [7, 11) is 0. The normalized spacial score (nSPS) is 13.1. The van der Waals surface area contributed by atoms with Gasteiger partial charge in [-0.25, -0.2) is 0 Å². The molecule has 5 nitrogen and oxygen atoms in total. The van der Waals surface area contributed by atoms with Crippen LogP contribution in [0.3, 0.4) is 0 Å². The van der Waals surface area contributed by atoms with Gasteiger partial charge < -0.3 is 23.4 Å². The predicted octanol–water partition coefficient (Wildman–Crippen LogP) is 31.0. The van der Waals surface area contributed by atoms with Gasteiger partial charge in [0.1, 0.15) is 5.58 Å². The third-order valence-electron chi connectivity index (χ3n) is 25.1. The average Bonchev–Trinajstić information content (AvgIpc) is 1.55. The number of nitrogens with zero attached hydrogens (tertiary/aromatic N) is 4. The van der Waals surface area contributed by atoms with Gasteiger partial charge in [-0.2, -0.15) is 0 Å². The fourth-order valence-electron chi connectivity index (χ4n) is 19.4. The summed E-state index contributed by atoms with van der Waals surface area (Å²) >= 11 is 1.87. The van der Waals surface area contributed by atoms with Crippen LogP contribution < -0.4 is 9.80 Å². The van der Waals surface area contributed by atoms with Crippen molar-refractivity contribution in [1.29, 1.82) is 0 Å². The highest BCUT2D eigenvalue weighted by Crippen LogP contribution is 2.54. The van der Waals surface area contributed by atoms with Crippen LogP contribution in [0.4, 0.5) is 34.1 Å². The summed E-state index contributed by atoms with van der Waals surface area (Å²) in [5.41, 5.74) is 31.0. The fraction of sp³-hybridized carbons (Fsp3) is 0.0545. The van der Waals surface area contributed by atoms with Crippen LogP contribution in [0.15, 0.2) is 393 Å². The van der Waals surface area contributed by atoms with Crippen LogP contribution in [-0.2, 0) is 10.8 Å². The van der Waals surface area contributed by atoms with Crippen LogP contribution >= 0.6 is 11.3 Å².